The van der Waals surface area contributed by atoms with Crippen molar-refractivity contribution in [2.45, 2.75) is 13.0 Å². The predicted molar refractivity (Wildman–Crippen MR) is 98.3 cm³/mol. The molecule has 1 atom stereocenters. The first kappa shape index (κ1) is 17.0. The van der Waals surface area contributed by atoms with E-state index >= 15 is 0 Å². The average Bonchev–Trinajstić information content (AvgIpc) is 3.06. The van der Waals surface area contributed by atoms with Crippen molar-refractivity contribution in [1.82, 2.24) is 0 Å². The van der Waals surface area contributed by atoms with Crippen LogP contribution in [0.5, 0.6) is 5.75 Å². The molecule has 1 unspecified atom stereocenters. The van der Waals surface area contributed by atoms with E-state index in [0.717, 1.165) is 10.1 Å². The van der Waals surface area contributed by atoms with Gasteiger partial charge in [-0.1, -0.05) is 24.3 Å². The van der Waals surface area contributed by atoms with Gasteiger partial charge in [0.05, 0.1) is 7.11 Å². The molecule has 5 nitrogen and oxygen atoms in total. The molecule has 6 heteroatoms. The first-order valence-corrected chi connectivity index (χ1v) is 8.53. The van der Waals surface area contributed by atoms with E-state index in [1.165, 1.54) is 11.3 Å². The van der Waals surface area contributed by atoms with E-state index < -0.39 is 18.0 Å². The number of carbonyl (C=O) groups is 2. The van der Waals surface area contributed by atoms with Gasteiger partial charge in [0.15, 0.2) is 6.10 Å². The first-order valence-electron chi connectivity index (χ1n) is 7.71. The zero-order valence-electron chi connectivity index (χ0n) is 13.8. The zero-order valence-corrected chi connectivity index (χ0v) is 14.6. The Balaban J connectivity index is 1.65. The van der Waals surface area contributed by atoms with E-state index in [2.05, 4.69) is 5.32 Å². The van der Waals surface area contributed by atoms with Crippen molar-refractivity contribution in [1.29, 1.82) is 0 Å². The molecule has 2 aromatic carbocycles. The van der Waals surface area contributed by atoms with E-state index in [1.807, 2.05) is 24.3 Å². The molecule has 25 heavy (non-hydrogen) atoms. The lowest BCUT2D eigenvalue weighted by molar-refractivity contribution is -0.123. The maximum Gasteiger partial charge on any atom is 0.349 e. The van der Waals surface area contributed by atoms with E-state index in [-0.39, 0.29) is 0 Å². The number of benzene rings is 2. The molecule has 0 fully saturated rings. The molecule has 0 aliphatic rings. The van der Waals surface area contributed by atoms with Crippen LogP contribution >= 0.6 is 11.3 Å². The molecule has 0 aliphatic carbocycles. The summed E-state index contributed by atoms with van der Waals surface area (Å²) in [5.74, 6) is -0.273. The third-order valence-electron chi connectivity index (χ3n) is 3.62. The van der Waals surface area contributed by atoms with Crippen LogP contribution in [0.4, 0.5) is 5.69 Å². The lowest BCUT2D eigenvalue weighted by atomic mass is 10.2. The molecule has 3 rings (SSSR count). The van der Waals surface area contributed by atoms with Gasteiger partial charge < -0.3 is 14.8 Å². The van der Waals surface area contributed by atoms with Gasteiger partial charge in [-0.15, -0.1) is 11.3 Å². The number of nitrogens with one attached hydrogen (secondary N) is 1. The highest BCUT2D eigenvalue weighted by atomic mass is 32.1. The minimum Gasteiger partial charge on any atom is -0.497 e. The van der Waals surface area contributed by atoms with E-state index in [1.54, 1.807) is 44.4 Å². The van der Waals surface area contributed by atoms with E-state index in [0.29, 0.717) is 16.3 Å². The Bertz CT molecular complexity index is 885. The summed E-state index contributed by atoms with van der Waals surface area (Å²) >= 11 is 1.35. The Hall–Kier alpha value is -2.86. The second-order valence-corrected chi connectivity index (χ2v) is 6.50. The summed E-state index contributed by atoms with van der Waals surface area (Å²) in [7, 11) is 1.55. The van der Waals surface area contributed by atoms with Crippen LogP contribution in [0.15, 0.2) is 54.6 Å². The van der Waals surface area contributed by atoms with E-state index in [9.17, 15) is 9.59 Å². The number of ether oxygens (including phenoxy) is 2. The third kappa shape index (κ3) is 3.97. The number of carbonyl (C=O) groups excluding carboxylic acids is 2. The molecule has 1 N–H and O–H groups in total. The van der Waals surface area contributed by atoms with Crippen molar-refractivity contribution >= 4 is 39.0 Å². The highest BCUT2D eigenvalue weighted by molar-refractivity contribution is 7.20. The standard InChI is InChI=1S/C19H17NO4S/c1-12(18(21)20-14-7-5-8-15(11-14)23-2)24-19(22)17-10-13-6-3-4-9-16(13)25-17/h3-12H,1-2H3,(H,20,21). The number of amides is 1. The van der Waals surface area contributed by atoms with Gasteiger partial charge in [-0.05, 0) is 36.6 Å². The number of hydrogen-bond acceptors (Lipinski definition) is 5. The maximum absolute atomic E-state index is 12.3. The second-order valence-electron chi connectivity index (χ2n) is 5.42. The molecular weight excluding hydrogens is 338 g/mol. The van der Waals surface area contributed by atoms with Crippen molar-refractivity contribution in [2.75, 3.05) is 12.4 Å². The van der Waals surface area contributed by atoms with Gasteiger partial charge in [0.25, 0.3) is 5.91 Å². The molecular formula is C19H17NO4S. The topological polar surface area (TPSA) is 64.6 Å². The fourth-order valence-corrected chi connectivity index (χ4v) is 3.25. The number of anilines is 1. The highest BCUT2D eigenvalue weighted by Gasteiger charge is 2.20. The van der Waals surface area contributed by atoms with Crippen molar-refractivity contribution in [3.63, 3.8) is 0 Å². The number of fused-ring (bicyclic) bond motifs is 1. The largest absolute Gasteiger partial charge is 0.497 e. The van der Waals surface area contributed by atoms with Gasteiger partial charge in [0.1, 0.15) is 10.6 Å². The Morgan fingerprint density at radius 2 is 1.88 bits per heavy atom. The SMILES string of the molecule is COc1cccc(NC(=O)C(C)OC(=O)c2cc3ccccc3s2)c1. The van der Waals surface area contributed by atoms with Gasteiger partial charge in [0, 0.05) is 16.5 Å². The molecule has 0 saturated heterocycles. The summed E-state index contributed by atoms with van der Waals surface area (Å²) in [6, 6.07) is 16.4. The quantitative estimate of drug-likeness (QED) is 0.700. The normalized spacial score (nSPS) is 11.8. The minimum atomic E-state index is -0.913. The van der Waals surface area contributed by atoms with Gasteiger partial charge in [-0.3, -0.25) is 4.79 Å². The van der Waals surface area contributed by atoms with Crippen molar-refractivity contribution in [2.24, 2.45) is 0 Å². The Kier molecular flexibility index (Phi) is 5.00. The molecule has 0 saturated carbocycles. The minimum absolute atomic E-state index is 0.400. The lowest BCUT2D eigenvalue weighted by Gasteiger charge is -2.13. The van der Waals surface area contributed by atoms with Gasteiger partial charge in [-0.2, -0.15) is 0 Å². The molecule has 1 aromatic heterocycles. The molecule has 0 aliphatic heterocycles. The number of hydrogen-bond donors (Lipinski definition) is 1. The summed E-state index contributed by atoms with van der Waals surface area (Å²) in [6.45, 7) is 1.54. The van der Waals surface area contributed by atoms with Gasteiger partial charge in [0.2, 0.25) is 0 Å². The molecule has 0 bridgehead atoms. The summed E-state index contributed by atoms with van der Waals surface area (Å²) in [6.07, 6.45) is -0.913. The maximum atomic E-state index is 12.3. The first-order chi connectivity index (χ1) is 12.1. The van der Waals surface area contributed by atoms with Crippen LogP contribution in [-0.4, -0.2) is 25.1 Å². The average molecular weight is 355 g/mol. The Labute approximate surface area is 149 Å². The van der Waals surface area contributed by atoms with Crippen LogP contribution in [0.2, 0.25) is 0 Å². The molecule has 3 aromatic rings. The fourth-order valence-electron chi connectivity index (χ4n) is 2.30. The highest BCUT2D eigenvalue weighted by Crippen LogP contribution is 2.26. The summed E-state index contributed by atoms with van der Waals surface area (Å²) < 4.78 is 11.4. The summed E-state index contributed by atoms with van der Waals surface area (Å²) in [5.41, 5.74) is 0.578. The lowest BCUT2D eigenvalue weighted by Crippen LogP contribution is -2.29. The van der Waals surface area contributed by atoms with Crippen molar-refractivity contribution < 1.29 is 19.1 Å². The van der Waals surface area contributed by atoms with Crippen LogP contribution < -0.4 is 10.1 Å². The monoisotopic (exact) mass is 355 g/mol. The van der Waals surface area contributed by atoms with Crippen LogP contribution in [0, 0.1) is 0 Å². The second kappa shape index (κ2) is 7.36. The van der Waals surface area contributed by atoms with Crippen LogP contribution in [0.25, 0.3) is 10.1 Å². The number of esters is 1. The smallest absolute Gasteiger partial charge is 0.349 e. The van der Waals surface area contributed by atoms with Crippen LogP contribution in [-0.2, 0) is 9.53 Å². The van der Waals surface area contributed by atoms with Crippen molar-refractivity contribution in [3.05, 3.63) is 59.5 Å². The fraction of sp³-hybridized carbons (Fsp3) is 0.158. The molecule has 1 heterocycles. The number of thiophene rings is 1. The molecule has 0 spiro atoms. The third-order valence-corrected chi connectivity index (χ3v) is 4.71. The van der Waals surface area contributed by atoms with Crippen LogP contribution in [0.3, 0.4) is 0 Å². The zero-order chi connectivity index (χ0) is 17.8. The predicted octanol–water partition coefficient (Wildman–Crippen LogP) is 4.09. The van der Waals surface area contributed by atoms with E-state index in [4.69, 9.17) is 9.47 Å². The molecule has 128 valence electrons. The Morgan fingerprint density at radius 1 is 1.08 bits per heavy atom. The summed E-state index contributed by atoms with van der Waals surface area (Å²) in [4.78, 5) is 25.0. The van der Waals surface area contributed by atoms with Crippen LogP contribution in [0.1, 0.15) is 16.6 Å². The molecule has 0 radical (unpaired) electrons. The van der Waals surface area contributed by atoms with Crippen molar-refractivity contribution in [3.8, 4) is 5.75 Å². The molecule has 1 amide bonds. The van der Waals surface area contributed by atoms with Gasteiger partial charge >= 0.3 is 5.97 Å². The summed E-state index contributed by atoms with van der Waals surface area (Å²) in [5, 5.41) is 3.69. The van der Waals surface area contributed by atoms with Gasteiger partial charge in [-0.25, -0.2) is 4.79 Å². The Morgan fingerprint density at radius 3 is 2.64 bits per heavy atom. The number of rotatable bonds is 5. The number of methoxy groups -OCH3 is 1.